The third-order valence-corrected chi connectivity index (χ3v) is 5.42. The van der Waals surface area contributed by atoms with Crippen LogP contribution in [0.25, 0.3) is 10.2 Å². The quantitative estimate of drug-likeness (QED) is 0.678. The Morgan fingerprint density at radius 2 is 1.70 bits per heavy atom. The van der Waals surface area contributed by atoms with Gasteiger partial charge in [-0.15, -0.1) is 11.3 Å². The van der Waals surface area contributed by atoms with Crippen molar-refractivity contribution in [3.63, 3.8) is 0 Å². The van der Waals surface area contributed by atoms with E-state index in [2.05, 4.69) is 21.7 Å². The number of fused-ring (bicyclic) bond motifs is 1. The first kappa shape index (κ1) is 19.0. The molecule has 27 heavy (non-hydrogen) atoms. The predicted molar refractivity (Wildman–Crippen MR) is 110 cm³/mol. The summed E-state index contributed by atoms with van der Waals surface area (Å²) in [5.41, 5.74) is 2.37. The Labute approximate surface area is 162 Å². The fraction of sp³-hybridized carbons (Fsp3) is 0.250. The monoisotopic (exact) mass is 382 g/mol. The number of likely N-dealkylation sites (N-methyl/N-ethyl adjacent to an activating group) is 1. The zero-order valence-electron chi connectivity index (χ0n) is 15.5. The lowest BCUT2D eigenvalue weighted by molar-refractivity contribution is -0.117. The van der Waals surface area contributed by atoms with Crippen LogP contribution in [-0.4, -0.2) is 35.3 Å². The molecule has 0 aliphatic carbocycles. The van der Waals surface area contributed by atoms with Gasteiger partial charge in [0.15, 0.2) is 0 Å². The summed E-state index contributed by atoms with van der Waals surface area (Å²) >= 11 is 1.65. The summed E-state index contributed by atoms with van der Waals surface area (Å²) in [7, 11) is 1.91. The molecule has 0 radical (unpaired) electrons. The fourth-order valence-corrected chi connectivity index (χ4v) is 3.75. The molecule has 7 heteroatoms. The smallest absolute Gasteiger partial charge is 0.238 e. The van der Waals surface area contributed by atoms with E-state index in [9.17, 15) is 9.59 Å². The summed E-state index contributed by atoms with van der Waals surface area (Å²) in [6, 6.07) is 15.1. The Kier molecular flexibility index (Phi) is 5.83. The van der Waals surface area contributed by atoms with Crippen molar-refractivity contribution in [1.82, 2.24) is 9.88 Å². The van der Waals surface area contributed by atoms with Gasteiger partial charge in [0.1, 0.15) is 5.01 Å². The van der Waals surface area contributed by atoms with E-state index in [-0.39, 0.29) is 24.4 Å². The molecule has 2 N–H and O–H groups in total. The number of carbonyl (C=O) groups excluding carboxylic acids is 2. The third kappa shape index (κ3) is 4.90. The molecule has 0 fully saturated rings. The zero-order valence-corrected chi connectivity index (χ0v) is 16.3. The van der Waals surface area contributed by atoms with Gasteiger partial charge in [-0.3, -0.25) is 14.5 Å². The number of amides is 2. The number of rotatable bonds is 6. The van der Waals surface area contributed by atoms with Crippen LogP contribution >= 0.6 is 11.3 Å². The maximum Gasteiger partial charge on any atom is 0.238 e. The maximum absolute atomic E-state index is 12.4. The highest BCUT2D eigenvalue weighted by atomic mass is 32.1. The van der Waals surface area contributed by atoms with Gasteiger partial charge in [-0.2, -0.15) is 0 Å². The number of nitrogens with zero attached hydrogens (tertiary/aromatic N) is 2. The van der Waals surface area contributed by atoms with Gasteiger partial charge in [-0.25, -0.2) is 4.98 Å². The SMILES string of the molecule is CC(=O)Nc1ccc(NC(=O)CN(C)[C@@H](C)c2nc3ccccc3s2)cc1. The average molecular weight is 382 g/mol. The van der Waals surface area contributed by atoms with Crippen molar-refractivity contribution in [2.75, 3.05) is 24.2 Å². The van der Waals surface area contributed by atoms with Gasteiger partial charge >= 0.3 is 0 Å². The van der Waals surface area contributed by atoms with Crippen LogP contribution < -0.4 is 10.6 Å². The first-order valence-electron chi connectivity index (χ1n) is 8.65. The van der Waals surface area contributed by atoms with E-state index >= 15 is 0 Å². The summed E-state index contributed by atoms with van der Waals surface area (Å²) in [6.07, 6.45) is 0. The van der Waals surface area contributed by atoms with Gasteiger partial charge in [0.2, 0.25) is 11.8 Å². The van der Waals surface area contributed by atoms with Gasteiger partial charge in [0.05, 0.1) is 22.8 Å². The lowest BCUT2D eigenvalue weighted by Crippen LogP contribution is -2.32. The number of carbonyl (C=O) groups is 2. The van der Waals surface area contributed by atoms with Crippen LogP contribution in [0.3, 0.4) is 0 Å². The van der Waals surface area contributed by atoms with Crippen LogP contribution in [-0.2, 0) is 9.59 Å². The lowest BCUT2D eigenvalue weighted by atomic mass is 10.2. The van der Waals surface area contributed by atoms with Gasteiger partial charge in [-0.1, -0.05) is 12.1 Å². The van der Waals surface area contributed by atoms with Crippen LogP contribution in [0.1, 0.15) is 24.9 Å². The molecule has 2 aromatic carbocycles. The van der Waals surface area contributed by atoms with Crippen molar-refractivity contribution < 1.29 is 9.59 Å². The predicted octanol–water partition coefficient (Wildman–Crippen LogP) is 3.89. The fourth-order valence-electron chi connectivity index (χ4n) is 2.66. The Balaban J connectivity index is 1.58. The maximum atomic E-state index is 12.4. The standard InChI is InChI=1S/C20H22N4O2S/c1-13(20-23-17-6-4-5-7-18(17)27-20)24(3)12-19(26)22-16-10-8-15(9-11-16)21-14(2)25/h4-11,13H,12H2,1-3H3,(H,21,25)(H,22,26)/t13-/m0/s1. The summed E-state index contributed by atoms with van der Waals surface area (Å²) in [6.45, 7) is 3.76. The Morgan fingerprint density at radius 1 is 1.07 bits per heavy atom. The van der Waals surface area contributed by atoms with Crippen molar-refractivity contribution in [2.24, 2.45) is 0 Å². The molecule has 3 aromatic rings. The Bertz CT molecular complexity index is 919. The van der Waals surface area contributed by atoms with E-state index in [4.69, 9.17) is 0 Å². The molecule has 0 spiro atoms. The summed E-state index contributed by atoms with van der Waals surface area (Å²) in [5.74, 6) is -0.227. The van der Waals surface area contributed by atoms with Crippen LogP contribution in [0.4, 0.5) is 11.4 Å². The van der Waals surface area contributed by atoms with Crippen LogP contribution in [0.15, 0.2) is 48.5 Å². The largest absolute Gasteiger partial charge is 0.326 e. The second-order valence-corrected chi connectivity index (χ2v) is 7.48. The van der Waals surface area contributed by atoms with Crippen LogP contribution in [0.2, 0.25) is 0 Å². The molecule has 0 aliphatic rings. The van der Waals surface area contributed by atoms with Gasteiger partial charge in [-0.05, 0) is 50.4 Å². The molecule has 1 heterocycles. The summed E-state index contributed by atoms with van der Waals surface area (Å²) in [5, 5.41) is 6.56. The first-order valence-corrected chi connectivity index (χ1v) is 9.47. The molecule has 1 aromatic heterocycles. The molecule has 0 saturated heterocycles. The van der Waals surface area contributed by atoms with E-state index in [1.165, 1.54) is 6.92 Å². The second kappa shape index (κ2) is 8.28. The highest BCUT2D eigenvalue weighted by molar-refractivity contribution is 7.18. The molecule has 2 amide bonds. The Hall–Kier alpha value is -2.77. The molecule has 0 aliphatic heterocycles. The van der Waals surface area contributed by atoms with E-state index in [0.29, 0.717) is 11.4 Å². The van der Waals surface area contributed by atoms with Gasteiger partial charge in [0.25, 0.3) is 0 Å². The number of hydrogen-bond acceptors (Lipinski definition) is 5. The molecule has 0 saturated carbocycles. The average Bonchev–Trinajstić information content (AvgIpc) is 3.06. The van der Waals surface area contributed by atoms with Crippen molar-refractivity contribution >= 4 is 44.7 Å². The van der Waals surface area contributed by atoms with Crippen LogP contribution in [0.5, 0.6) is 0 Å². The summed E-state index contributed by atoms with van der Waals surface area (Å²) < 4.78 is 1.15. The number of benzene rings is 2. The van der Waals surface area contributed by atoms with E-state index in [1.807, 2.05) is 37.1 Å². The Morgan fingerprint density at radius 3 is 2.33 bits per heavy atom. The highest BCUT2D eigenvalue weighted by Crippen LogP contribution is 2.28. The van der Waals surface area contributed by atoms with E-state index in [1.54, 1.807) is 35.6 Å². The van der Waals surface area contributed by atoms with Crippen molar-refractivity contribution in [1.29, 1.82) is 0 Å². The topological polar surface area (TPSA) is 74.3 Å². The highest BCUT2D eigenvalue weighted by Gasteiger charge is 2.18. The van der Waals surface area contributed by atoms with Crippen molar-refractivity contribution in [2.45, 2.75) is 19.9 Å². The minimum absolute atomic E-state index is 0.0373. The van der Waals surface area contributed by atoms with E-state index in [0.717, 1.165) is 15.2 Å². The number of thiazole rings is 1. The number of hydrogen-bond donors (Lipinski definition) is 2. The van der Waals surface area contributed by atoms with Crippen LogP contribution in [0, 0.1) is 0 Å². The number of anilines is 2. The molecule has 140 valence electrons. The second-order valence-electron chi connectivity index (χ2n) is 6.42. The van der Waals surface area contributed by atoms with Gasteiger partial charge < -0.3 is 10.6 Å². The van der Waals surface area contributed by atoms with E-state index < -0.39 is 0 Å². The number of para-hydroxylation sites is 1. The third-order valence-electron chi connectivity index (χ3n) is 4.21. The molecular weight excluding hydrogens is 360 g/mol. The van der Waals surface area contributed by atoms with Crippen molar-refractivity contribution in [3.05, 3.63) is 53.5 Å². The molecular formula is C20H22N4O2S. The lowest BCUT2D eigenvalue weighted by Gasteiger charge is -2.22. The normalized spacial score (nSPS) is 12.1. The number of aromatic nitrogens is 1. The molecule has 0 bridgehead atoms. The molecule has 3 rings (SSSR count). The zero-order chi connectivity index (χ0) is 19.4. The summed E-state index contributed by atoms with van der Waals surface area (Å²) in [4.78, 5) is 30.0. The molecule has 0 unspecified atom stereocenters. The first-order chi connectivity index (χ1) is 12.9. The van der Waals surface area contributed by atoms with Gasteiger partial charge in [0, 0.05) is 18.3 Å². The minimum Gasteiger partial charge on any atom is -0.326 e. The number of nitrogens with one attached hydrogen (secondary N) is 2. The molecule has 1 atom stereocenters. The van der Waals surface area contributed by atoms with Crippen molar-refractivity contribution in [3.8, 4) is 0 Å². The minimum atomic E-state index is -0.128. The molecule has 6 nitrogen and oxygen atoms in total.